The monoisotopic (exact) mass is 464 g/mol. The van der Waals surface area contributed by atoms with Crippen LogP contribution in [0.5, 0.6) is 0 Å². The van der Waals surface area contributed by atoms with Gasteiger partial charge in [0.15, 0.2) is 0 Å². The number of imidazole rings is 1. The largest absolute Gasteiger partial charge is 0.359 e. The zero-order chi connectivity index (χ0) is 24.5. The summed E-state index contributed by atoms with van der Waals surface area (Å²) in [6.45, 7) is 12.8. The molecule has 34 heavy (non-hydrogen) atoms. The molecule has 1 aliphatic carbocycles. The van der Waals surface area contributed by atoms with Crippen molar-refractivity contribution in [1.82, 2.24) is 29.2 Å². The van der Waals surface area contributed by atoms with Crippen LogP contribution < -0.4 is 0 Å². The third-order valence-electron chi connectivity index (χ3n) is 6.88. The highest BCUT2D eigenvalue weighted by molar-refractivity contribution is 5.46. The van der Waals surface area contributed by atoms with Crippen molar-refractivity contribution in [2.45, 2.75) is 72.0 Å². The minimum Gasteiger partial charge on any atom is -0.359 e. The van der Waals surface area contributed by atoms with Crippen LogP contribution in [0, 0.1) is 0 Å². The quantitative estimate of drug-likeness (QED) is 0.403. The van der Waals surface area contributed by atoms with Crippen LogP contribution in [0.2, 0.25) is 0 Å². The van der Waals surface area contributed by atoms with E-state index in [-0.39, 0.29) is 0 Å². The number of nitrogens with zero attached hydrogens (tertiary/aromatic N) is 6. The second-order valence-electron chi connectivity index (χ2n) is 9.65. The lowest BCUT2D eigenvalue weighted by atomic mass is 9.91. The van der Waals surface area contributed by atoms with Gasteiger partial charge in [-0.1, -0.05) is 32.1 Å². The van der Waals surface area contributed by atoms with Crippen LogP contribution in [-0.4, -0.2) is 69.0 Å². The Morgan fingerprint density at radius 3 is 2.76 bits per heavy atom. The SMILES string of the molecule is CC/C=C\C=C(\N(C)CCN(CC)C(C)C)n1cnc(CN(C)C2CCCc3cccnc32)c1. The standard InChI is InChI=1S/C28H44N6/c1-7-9-10-16-27(31(5)18-19-33(8-2)23(3)4)34-21-25(30-22-34)20-32(6)26-15-11-13-24-14-12-17-29-28(24)26/h9-10,12,14,16-17,21-23,26H,7-8,11,13,15,18-20H2,1-6H3/b10-9-,27-16-. The Kier molecular flexibility index (Phi) is 9.90. The van der Waals surface area contributed by atoms with Crippen molar-refractivity contribution in [3.8, 4) is 0 Å². The summed E-state index contributed by atoms with van der Waals surface area (Å²) >= 11 is 0. The molecule has 0 fully saturated rings. The molecule has 186 valence electrons. The van der Waals surface area contributed by atoms with Crippen molar-refractivity contribution < 1.29 is 0 Å². The molecule has 0 aliphatic heterocycles. The highest BCUT2D eigenvalue weighted by Gasteiger charge is 2.25. The molecule has 0 N–H and O–H groups in total. The molecule has 1 unspecified atom stereocenters. The number of aryl methyl sites for hydroxylation is 1. The Labute approximate surface area is 207 Å². The van der Waals surface area contributed by atoms with E-state index in [4.69, 9.17) is 9.97 Å². The van der Waals surface area contributed by atoms with E-state index in [1.807, 2.05) is 12.5 Å². The van der Waals surface area contributed by atoms with E-state index in [9.17, 15) is 0 Å². The summed E-state index contributed by atoms with van der Waals surface area (Å²) in [5, 5.41) is 0. The summed E-state index contributed by atoms with van der Waals surface area (Å²) in [7, 11) is 4.38. The zero-order valence-corrected chi connectivity index (χ0v) is 22.1. The maximum atomic E-state index is 4.78. The van der Waals surface area contributed by atoms with Gasteiger partial charge in [0.05, 0.1) is 17.4 Å². The molecular weight excluding hydrogens is 420 g/mol. The molecule has 0 amide bonds. The Hall–Kier alpha value is -2.44. The first-order valence-corrected chi connectivity index (χ1v) is 12.9. The molecular formula is C28H44N6. The third-order valence-corrected chi connectivity index (χ3v) is 6.88. The Morgan fingerprint density at radius 2 is 2.03 bits per heavy atom. The summed E-state index contributed by atoms with van der Waals surface area (Å²) < 4.78 is 2.17. The first-order valence-electron chi connectivity index (χ1n) is 12.9. The van der Waals surface area contributed by atoms with E-state index in [1.54, 1.807) is 0 Å². The van der Waals surface area contributed by atoms with Gasteiger partial charge in [-0.05, 0) is 70.8 Å². The fraction of sp³-hybridized carbons (Fsp3) is 0.571. The molecule has 0 bridgehead atoms. The molecule has 1 aliphatic rings. The second-order valence-corrected chi connectivity index (χ2v) is 9.65. The van der Waals surface area contributed by atoms with Gasteiger partial charge < -0.3 is 4.90 Å². The molecule has 0 saturated heterocycles. The average Bonchev–Trinajstić information content (AvgIpc) is 3.29. The molecule has 2 aromatic heterocycles. The molecule has 3 rings (SSSR count). The minimum absolute atomic E-state index is 0.358. The summed E-state index contributed by atoms with van der Waals surface area (Å²) in [6.07, 6.45) is 17.2. The lowest BCUT2D eigenvalue weighted by Gasteiger charge is -2.31. The van der Waals surface area contributed by atoms with Gasteiger partial charge in [-0.25, -0.2) is 4.98 Å². The number of likely N-dealkylation sites (N-methyl/N-ethyl adjacent to an activating group) is 2. The summed E-state index contributed by atoms with van der Waals surface area (Å²) in [5.41, 5.74) is 3.72. The highest BCUT2D eigenvalue weighted by Crippen LogP contribution is 2.32. The summed E-state index contributed by atoms with van der Waals surface area (Å²) in [4.78, 5) is 16.7. The van der Waals surface area contributed by atoms with Crippen molar-refractivity contribution in [2.24, 2.45) is 0 Å². The van der Waals surface area contributed by atoms with Crippen LogP contribution in [0.15, 0.2) is 49.1 Å². The number of rotatable bonds is 12. The van der Waals surface area contributed by atoms with Gasteiger partial charge in [0.25, 0.3) is 0 Å². The van der Waals surface area contributed by atoms with Crippen molar-refractivity contribution in [1.29, 1.82) is 0 Å². The van der Waals surface area contributed by atoms with E-state index in [1.165, 1.54) is 17.7 Å². The second kappa shape index (κ2) is 12.9. The van der Waals surface area contributed by atoms with Gasteiger partial charge in [-0.15, -0.1) is 0 Å². The first kappa shape index (κ1) is 26.2. The van der Waals surface area contributed by atoms with Crippen LogP contribution in [0.25, 0.3) is 5.82 Å². The Morgan fingerprint density at radius 1 is 1.21 bits per heavy atom. The van der Waals surface area contributed by atoms with Crippen LogP contribution in [0.4, 0.5) is 0 Å². The van der Waals surface area contributed by atoms with Crippen molar-refractivity contribution in [3.63, 3.8) is 0 Å². The lowest BCUT2D eigenvalue weighted by molar-refractivity contribution is 0.206. The number of aromatic nitrogens is 3. The fourth-order valence-electron chi connectivity index (χ4n) is 4.83. The first-order chi connectivity index (χ1) is 16.4. The number of hydrogen-bond acceptors (Lipinski definition) is 5. The predicted molar refractivity (Wildman–Crippen MR) is 142 cm³/mol. The molecule has 0 spiro atoms. The molecule has 0 radical (unpaired) electrons. The van der Waals surface area contributed by atoms with Crippen LogP contribution in [0.3, 0.4) is 0 Å². The highest BCUT2D eigenvalue weighted by atomic mass is 15.3. The third kappa shape index (κ3) is 6.80. The van der Waals surface area contributed by atoms with Crippen LogP contribution in [-0.2, 0) is 13.0 Å². The maximum Gasteiger partial charge on any atom is 0.113 e. The van der Waals surface area contributed by atoms with E-state index in [2.05, 4.69) is 97.6 Å². The van der Waals surface area contributed by atoms with Gasteiger partial charge in [0.2, 0.25) is 0 Å². The van der Waals surface area contributed by atoms with E-state index in [0.717, 1.165) is 57.0 Å². The van der Waals surface area contributed by atoms with E-state index in [0.29, 0.717) is 12.1 Å². The predicted octanol–water partition coefficient (Wildman–Crippen LogP) is 5.21. The van der Waals surface area contributed by atoms with Gasteiger partial charge in [0, 0.05) is 45.1 Å². The normalized spacial score (nSPS) is 16.7. The average molecular weight is 465 g/mol. The molecule has 0 aromatic carbocycles. The molecule has 2 aromatic rings. The smallest absolute Gasteiger partial charge is 0.113 e. The van der Waals surface area contributed by atoms with Crippen molar-refractivity contribution in [2.75, 3.05) is 33.7 Å². The maximum absolute atomic E-state index is 4.78. The van der Waals surface area contributed by atoms with E-state index >= 15 is 0 Å². The van der Waals surface area contributed by atoms with Gasteiger partial charge >= 0.3 is 0 Å². The van der Waals surface area contributed by atoms with Crippen molar-refractivity contribution in [3.05, 3.63) is 66.0 Å². The van der Waals surface area contributed by atoms with Crippen LogP contribution in [0.1, 0.15) is 70.0 Å². The van der Waals surface area contributed by atoms with Gasteiger partial charge in [-0.3, -0.25) is 19.4 Å². The van der Waals surface area contributed by atoms with Crippen LogP contribution >= 0.6 is 0 Å². The lowest BCUT2D eigenvalue weighted by Crippen LogP contribution is -2.37. The summed E-state index contributed by atoms with van der Waals surface area (Å²) in [6, 6.07) is 5.20. The Bertz CT molecular complexity index is 944. The van der Waals surface area contributed by atoms with Gasteiger partial charge in [-0.2, -0.15) is 0 Å². The number of pyridine rings is 1. The number of fused-ring (bicyclic) bond motifs is 1. The number of allylic oxidation sites excluding steroid dienone is 3. The molecule has 6 nitrogen and oxygen atoms in total. The minimum atomic E-state index is 0.358. The molecule has 6 heteroatoms. The number of hydrogen-bond donors (Lipinski definition) is 0. The molecule has 1 atom stereocenters. The molecule has 0 saturated carbocycles. The fourth-order valence-corrected chi connectivity index (χ4v) is 4.83. The topological polar surface area (TPSA) is 40.4 Å². The Balaban J connectivity index is 1.72. The van der Waals surface area contributed by atoms with Crippen molar-refractivity contribution >= 4 is 5.82 Å². The van der Waals surface area contributed by atoms with Gasteiger partial charge in [0.1, 0.15) is 12.1 Å². The van der Waals surface area contributed by atoms with E-state index < -0.39 is 0 Å². The molecule has 2 heterocycles. The summed E-state index contributed by atoms with van der Waals surface area (Å²) in [5.74, 6) is 1.15. The zero-order valence-electron chi connectivity index (χ0n) is 22.1.